The summed E-state index contributed by atoms with van der Waals surface area (Å²) in [5.74, 6) is -0.979. The summed E-state index contributed by atoms with van der Waals surface area (Å²) in [6.45, 7) is 1.65. The van der Waals surface area contributed by atoms with Crippen molar-refractivity contribution in [3.63, 3.8) is 0 Å². The maximum Gasteiger partial charge on any atom is 0.323 e. The molecule has 0 aromatic heterocycles. The SMILES string of the molecule is C[C@@]1(C(=O)O)C[C@@H](F)CN1. The number of nitrogens with one attached hydrogen (secondary N) is 1. The zero-order valence-corrected chi connectivity index (χ0v) is 5.72. The van der Waals surface area contributed by atoms with Crippen molar-refractivity contribution in [2.75, 3.05) is 6.54 Å². The van der Waals surface area contributed by atoms with Crippen LogP contribution in [0.2, 0.25) is 0 Å². The van der Waals surface area contributed by atoms with Crippen molar-refractivity contribution >= 4 is 5.97 Å². The summed E-state index contributed by atoms with van der Waals surface area (Å²) in [6.07, 6.45) is -0.941. The minimum atomic E-state index is -1.04. The van der Waals surface area contributed by atoms with Gasteiger partial charge in [0.1, 0.15) is 11.7 Å². The van der Waals surface area contributed by atoms with E-state index in [1.54, 1.807) is 0 Å². The first-order valence-corrected chi connectivity index (χ1v) is 3.17. The molecule has 1 aliphatic rings. The van der Waals surface area contributed by atoms with Crippen LogP contribution in [0.4, 0.5) is 4.39 Å². The monoisotopic (exact) mass is 147 g/mol. The molecule has 0 aromatic carbocycles. The number of rotatable bonds is 1. The van der Waals surface area contributed by atoms with Crippen molar-refractivity contribution in [1.29, 1.82) is 0 Å². The highest BCUT2D eigenvalue weighted by atomic mass is 19.1. The summed E-state index contributed by atoms with van der Waals surface area (Å²) >= 11 is 0. The quantitative estimate of drug-likeness (QED) is 0.555. The Labute approximate surface area is 58.2 Å². The third kappa shape index (κ3) is 1.11. The molecule has 2 N–H and O–H groups in total. The number of carbonyl (C=O) groups is 1. The Kier molecular flexibility index (Phi) is 1.64. The molecule has 0 saturated carbocycles. The second kappa shape index (κ2) is 2.20. The molecule has 10 heavy (non-hydrogen) atoms. The summed E-state index contributed by atoms with van der Waals surface area (Å²) in [7, 11) is 0. The standard InChI is InChI=1S/C6H10FNO2/c1-6(5(9)10)2-4(7)3-8-6/h4,8H,2-3H2,1H3,(H,9,10)/t4-,6+/m1/s1. The minimum absolute atomic E-state index is 0.0718. The smallest absolute Gasteiger partial charge is 0.323 e. The normalized spacial score (nSPS) is 40.0. The Bertz CT molecular complexity index is 162. The summed E-state index contributed by atoms with van der Waals surface area (Å²) in [5.41, 5.74) is -1.04. The average Bonchev–Trinajstić information content (AvgIpc) is 2.13. The van der Waals surface area contributed by atoms with Gasteiger partial charge in [-0.15, -0.1) is 0 Å². The summed E-state index contributed by atoms with van der Waals surface area (Å²) in [4.78, 5) is 10.4. The molecule has 0 amide bonds. The summed E-state index contributed by atoms with van der Waals surface area (Å²) < 4.78 is 12.5. The van der Waals surface area contributed by atoms with Gasteiger partial charge in [0, 0.05) is 13.0 Å². The Balaban J connectivity index is 2.63. The van der Waals surface area contributed by atoms with E-state index >= 15 is 0 Å². The van der Waals surface area contributed by atoms with Crippen molar-refractivity contribution in [3.8, 4) is 0 Å². The van der Waals surface area contributed by atoms with E-state index in [9.17, 15) is 9.18 Å². The molecule has 1 heterocycles. The molecule has 4 heteroatoms. The molecule has 3 nitrogen and oxygen atoms in total. The number of halogens is 1. The first kappa shape index (κ1) is 7.47. The second-order valence-electron chi connectivity index (χ2n) is 2.82. The van der Waals surface area contributed by atoms with Gasteiger partial charge in [0.15, 0.2) is 0 Å². The Morgan fingerprint density at radius 1 is 1.90 bits per heavy atom. The van der Waals surface area contributed by atoms with Crippen molar-refractivity contribution in [2.24, 2.45) is 0 Å². The van der Waals surface area contributed by atoms with Crippen LogP contribution in [0.3, 0.4) is 0 Å². The Morgan fingerprint density at radius 3 is 2.70 bits per heavy atom. The highest BCUT2D eigenvalue weighted by molar-refractivity contribution is 5.78. The van der Waals surface area contributed by atoms with Gasteiger partial charge < -0.3 is 5.11 Å². The second-order valence-corrected chi connectivity index (χ2v) is 2.82. The molecule has 0 unspecified atom stereocenters. The lowest BCUT2D eigenvalue weighted by Crippen LogP contribution is -2.44. The van der Waals surface area contributed by atoms with E-state index in [2.05, 4.69) is 5.32 Å². The van der Waals surface area contributed by atoms with Crippen molar-refractivity contribution < 1.29 is 14.3 Å². The van der Waals surface area contributed by atoms with Gasteiger partial charge in [-0.1, -0.05) is 0 Å². The van der Waals surface area contributed by atoms with E-state index in [0.29, 0.717) is 0 Å². The first-order valence-electron chi connectivity index (χ1n) is 3.17. The lowest BCUT2D eigenvalue weighted by molar-refractivity contribution is -0.143. The fourth-order valence-electron chi connectivity index (χ4n) is 1.09. The van der Waals surface area contributed by atoms with E-state index in [1.807, 2.05) is 0 Å². The van der Waals surface area contributed by atoms with E-state index in [4.69, 9.17) is 5.11 Å². The van der Waals surface area contributed by atoms with Crippen LogP contribution in [0.15, 0.2) is 0 Å². The number of aliphatic carboxylic acids is 1. The zero-order chi connectivity index (χ0) is 7.78. The van der Waals surface area contributed by atoms with Crippen molar-refractivity contribution in [1.82, 2.24) is 5.32 Å². The van der Waals surface area contributed by atoms with Crippen LogP contribution in [0.1, 0.15) is 13.3 Å². The molecule has 1 saturated heterocycles. The van der Waals surface area contributed by atoms with Crippen molar-refractivity contribution in [3.05, 3.63) is 0 Å². The van der Waals surface area contributed by atoms with Gasteiger partial charge in [-0.2, -0.15) is 0 Å². The van der Waals surface area contributed by atoms with Crippen molar-refractivity contribution in [2.45, 2.75) is 25.1 Å². The van der Waals surface area contributed by atoms with Crippen LogP contribution in [-0.2, 0) is 4.79 Å². The van der Waals surface area contributed by atoms with Crippen LogP contribution in [-0.4, -0.2) is 29.3 Å². The van der Waals surface area contributed by atoms with E-state index in [0.717, 1.165) is 0 Å². The molecule has 2 atom stereocenters. The highest BCUT2D eigenvalue weighted by Crippen LogP contribution is 2.20. The van der Waals surface area contributed by atoms with Gasteiger partial charge in [-0.05, 0) is 6.92 Å². The maximum atomic E-state index is 12.5. The Hall–Kier alpha value is -0.640. The van der Waals surface area contributed by atoms with Gasteiger partial charge >= 0.3 is 5.97 Å². The number of carboxylic acids is 1. The summed E-state index contributed by atoms with van der Waals surface area (Å²) in [5, 5.41) is 11.2. The van der Waals surface area contributed by atoms with E-state index in [1.165, 1.54) is 6.92 Å². The Morgan fingerprint density at radius 2 is 2.50 bits per heavy atom. The minimum Gasteiger partial charge on any atom is -0.480 e. The van der Waals surface area contributed by atoms with Crippen LogP contribution in [0.25, 0.3) is 0 Å². The predicted octanol–water partition coefficient (Wildman–Crippen LogP) is 0.161. The maximum absolute atomic E-state index is 12.5. The zero-order valence-electron chi connectivity index (χ0n) is 5.72. The van der Waals surface area contributed by atoms with Crippen LogP contribution >= 0.6 is 0 Å². The van der Waals surface area contributed by atoms with Gasteiger partial charge in [-0.3, -0.25) is 10.1 Å². The summed E-state index contributed by atoms with van der Waals surface area (Å²) in [6, 6.07) is 0. The third-order valence-electron chi connectivity index (χ3n) is 1.82. The number of hydrogen-bond donors (Lipinski definition) is 2. The lowest BCUT2D eigenvalue weighted by Gasteiger charge is -2.16. The average molecular weight is 147 g/mol. The largest absolute Gasteiger partial charge is 0.480 e. The van der Waals surface area contributed by atoms with Gasteiger partial charge in [0.05, 0.1) is 0 Å². The van der Waals surface area contributed by atoms with E-state index < -0.39 is 17.7 Å². The van der Waals surface area contributed by atoms with Crippen LogP contribution < -0.4 is 5.32 Å². The molecular weight excluding hydrogens is 137 g/mol. The molecule has 1 aliphatic heterocycles. The van der Waals surface area contributed by atoms with Gasteiger partial charge in [0.2, 0.25) is 0 Å². The molecule has 0 aromatic rings. The fraction of sp³-hybridized carbons (Fsp3) is 0.833. The lowest BCUT2D eigenvalue weighted by atomic mass is 10.0. The third-order valence-corrected chi connectivity index (χ3v) is 1.82. The molecular formula is C6H10FNO2. The molecule has 0 bridgehead atoms. The molecule has 0 radical (unpaired) electrons. The molecule has 0 spiro atoms. The van der Waals surface area contributed by atoms with E-state index in [-0.39, 0.29) is 13.0 Å². The van der Waals surface area contributed by atoms with Crippen LogP contribution in [0, 0.1) is 0 Å². The van der Waals surface area contributed by atoms with Crippen LogP contribution in [0.5, 0.6) is 0 Å². The number of carboxylic acid groups (broad SMARTS) is 1. The number of alkyl halides is 1. The predicted molar refractivity (Wildman–Crippen MR) is 33.6 cm³/mol. The molecule has 1 rings (SSSR count). The fourth-order valence-corrected chi connectivity index (χ4v) is 1.09. The molecule has 58 valence electrons. The molecule has 1 fully saturated rings. The van der Waals surface area contributed by atoms with Gasteiger partial charge in [0.25, 0.3) is 0 Å². The number of hydrogen-bond acceptors (Lipinski definition) is 2. The van der Waals surface area contributed by atoms with Gasteiger partial charge in [-0.25, -0.2) is 4.39 Å². The molecule has 0 aliphatic carbocycles. The highest BCUT2D eigenvalue weighted by Gasteiger charge is 2.41. The first-order chi connectivity index (χ1) is 4.54. The topological polar surface area (TPSA) is 49.3 Å².